The second-order valence-electron chi connectivity index (χ2n) is 2.14. The molecule has 3 heteroatoms. The lowest BCUT2D eigenvalue weighted by molar-refractivity contribution is 0.453. The van der Waals surface area contributed by atoms with Crippen molar-refractivity contribution in [3.63, 3.8) is 0 Å². The lowest BCUT2D eigenvalue weighted by atomic mass is 10.6. The Morgan fingerprint density at radius 2 is 2.50 bits per heavy atom. The zero-order valence-electron chi connectivity index (χ0n) is 6.35. The molecule has 1 aromatic rings. The largest absolute Gasteiger partial charge is 0.445 e. The van der Waals surface area contributed by atoms with Gasteiger partial charge in [0, 0.05) is 0 Å². The van der Waals surface area contributed by atoms with E-state index in [1.54, 1.807) is 6.20 Å². The molecule has 0 aliphatic rings. The third-order valence-electron chi connectivity index (χ3n) is 1.20. The van der Waals surface area contributed by atoms with Gasteiger partial charge >= 0.3 is 0 Å². The first-order valence-corrected chi connectivity index (χ1v) is 3.45. The highest BCUT2D eigenvalue weighted by molar-refractivity contribution is 4.89. The van der Waals surface area contributed by atoms with E-state index in [1.807, 2.05) is 6.92 Å². The van der Waals surface area contributed by atoms with Gasteiger partial charge in [0.15, 0.2) is 0 Å². The van der Waals surface area contributed by atoms with E-state index in [0.717, 1.165) is 24.7 Å². The first kappa shape index (κ1) is 7.28. The average molecular weight is 140 g/mol. The average Bonchev–Trinajstić information content (AvgIpc) is 2.31. The minimum Gasteiger partial charge on any atom is -0.445 e. The first-order valence-electron chi connectivity index (χ1n) is 3.45. The second kappa shape index (κ2) is 3.37. The van der Waals surface area contributed by atoms with Crippen LogP contribution in [0.5, 0.6) is 0 Å². The van der Waals surface area contributed by atoms with Gasteiger partial charge in [0.2, 0.25) is 5.89 Å². The van der Waals surface area contributed by atoms with Gasteiger partial charge in [-0.2, -0.15) is 0 Å². The molecule has 0 unspecified atom stereocenters. The molecular formula is C7H12N2O. The number of rotatable bonds is 3. The van der Waals surface area contributed by atoms with Crippen LogP contribution in [-0.4, -0.2) is 11.5 Å². The second-order valence-corrected chi connectivity index (χ2v) is 2.14. The van der Waals surface area contributed by atoms with E-state index < -0.39 is 0 Å². The lowest BCUT2D eigenvalue weighted by Gasteiger charge is -1.93. The lowest BCUT2D eigenvalue weighted by Crippen LogP contribution is -2.11. The summed E-state index contributed by atoms with van der Waals surface area (Å²) >= 11 is 0. The molecular weight excluding hydrogens is 128 g/mol. The number of oxazole rings is 1. The van der Waals surface area contributed by atoms with Crippen LogP contribution in [-0.2, 0) is 6.54 Å². The molecule has 0 atom stereocenters. The van der Waals surface area contributed by atoms with Crippen LogP contribution in [0.2, 0.25) is 0 Å². The molecule has 0 aliphatic carbocycles. The Kier molecular flexibility index (Phi) is 2.45. The standard InChI is InChI=1S/C7H12N2O/c1-3-8-5-7-9-4-6(2)10-7/h4,8H,3,5H2,1-2H3. The molecule has 56 valence electrons. The summed E-state index contributed by atoms with van der Waals surface area (Å²) < 4.78 is 5.21. The molecule has 1 rings (SSSR count). The molecule has 0 spiro atoms. The Labute approximate surface area is 60.5 Å². The monoisotopic (exact) mass is 140 g/mol. The number of hydrogen-bond donors (Lipinski definition) is 1. The van der Waals surface area contributed by atoms with E-state index in [4.69, 9.17) is 4.42 Å². The summed E-state index contributed by atoms with van der Waals surface area (Å²) in [7, 11) is 0. The van der Waals surface area contributed by atoms with E-state index in [2.05, 4.69) is 17.2 Å². The molecule has 0 fully saturated rings. The van der Waals surface area contributed by atoms with Crippen LogP contribution in [0.25, 0.3) is 0 Å². The van der Waals surface area contributed by atoms with Crippen molar-refractivity contribution >= 4 is 0 Å². The smallest absolute Gasteiger partial charge is 0.208 e. The maximum absolute atomic E-state index is 5.21. The zero-order chi connectivity index (χ0) is 7.40. The summed E-state index contributed by atoms with van der Waals surface area (Å²) in [6.07, 6.45) is 1.73. The molecule has 0 aliphatic heterocycles. The zero-order valence-corrected chi connectivity index (χ0v) is 6.35. The number of aromatic nitrogens is 1. The molecule has 0 bridgehead atoms. The molecule has 0 aromatic carbocycles. The third kappa shape index (κ3) is 1.84. The quantitative estimate of drug-likeness (QED) is 0.683. The van der Waals surface area contributed by atoms with Gasteiger partial charge in [0.25, 0.3) is 0 Å². The highest BCUT2D eigenvalue weighted by Crippen LogP contribution is 1.99. The fourth-order valence-electron chi connectivity index (χ4n) is 0.715. The van der Waals surface area contributed by atoms with Crippen LogP contribution in [0.4, 0.5) is 0 Å². The normalized spacial score (nSPS) is 10.2. The summed E-state index contributed by atoms with van der Waals surface area (Å²) in [6, 6.07) is 0. The van der Waals surface area contributed by atoms with Crippen molar-refractivity contribution in [2.45, 2.75) is 20.4 Å². The Morgan fingerprint density at radius 3 is 3.00 bits per heavy atom. The van der Waals surface area contributed by atoms with Gasteiger partial charge in [-0.1, -0.05) is 6.92 Å². The van der Waals surface area contributed by atoms with Crippen LogP contribution in [0.15, 0.2) is 10.6 Å². The molecule has 3 nitrogen and oxygen atoms in total. The molecule has 1 aromatic heterocycles. The van der Waals surface area contributed by atoms with Crippen molar-refractivity contribution in [3.05, 3.63) is 17.8 Å². The van der Waals surface area contributed by atoms with Crippen molar-refractivity contribution in [1.82, 2.24) is 10.3 Å². The maximum atomic E-state index is 5.21. The molecule has 0 saturated carbocycles. The number of nitrogens with zero attached hydrogens (tertiary/aromatic N) is 1. The SMILES string of the molecule is CCNCc1ncc(C)o1. The van der Waals surface area contributed by atoms with Crippen molar-refractivity contribution < 1.29 is 4.42 Å². The molecule has 1 heterocycles. The third-order valence-corrected chi connectivity index (χ3v) is 1.20. The van der Waals surface area contributed by atoms with Crippen molar-refractivity contribution in [2.24, 2.45) is 0 Å². The van der Waals surface area contributed by atoms with E-state index >= 15 is 0 Å². The summed E-state index contributed by atoms with van der Waals surface area (Å²) in [5.41, 5.74) is 0. The minimum atomic E-state index is 0.727. The summed E-state index contributed by atoms with van der Waals surface area (Å²) in [4.78, 5) is 4.02. The number of aryl methyl sites for hydroxylation is 1. The predicted molar refractivity (Wildman–Crippen MR) is 38.6 cm³/mol. The highest BCUT2D eigenvalue weighted by atomic mass is 16.4. The van der Waals surface area contributed by atoms with Gasteiger partial charge in [0.1, 0.15) is 5.76 Å². The van der Waals surface area contributed by atoms with Gasteiger partial charge in [0.05, 0.1) is 12.7 Å². The van der Waals surface area contributed by atoms with Crippen molar-refractivity contribution in [3.8, 4) is 0 Å². The fourth-order valence-corrected chi connectivity index (χ4v) is 0.715. The van der Waals surface area contributed by atoms with Crippen molar-refractivity contribution in [2.75, 3.05) is 6.54 Å². The van der Waals surface area contributed by atoms with Gasteiger partial charge in [-0.05, 0) is 13.5 Å². The van der Waals surface area contributed by atoms with E-state index in [9.17, 15) is 0 Å². The summed E-state index contributed by atoms with van der Waals surface area (Å²) in [5.74, 6) is 1.63. The van der Waals surface area contributed by atoms with Gasteiger partial charge in [-0.25, -0.2) is 4.98 Å². The number of hydrogen-bond acceptors (Lipinski definition) is 3. The first-order chi connectivity index (χ1) is 4.83. The van der Waals surface area contributed by atoms with Crippen LogP contribution in [0.3, 0.4) is 0 Å². The molecule has 1 N–H and O–H groups in total. The topological polar surface area (TPSA) is 38.1 Å². The van der Waals surface area contributed by atoms with Crippen LogP contribution in [0, 0.1) is 6.92 Å². The van der Waals surface area contributed by atoms with E-state index in [0.29, 0.717) is 0 Å². The van der Waals surface area contributed by atoms with Crippen LogP contribution >= 0.6 is 0 Å². The Balaban J connectivity index is 2.42. The van der Waals surface area contributed by atoms with E-state index in [1.165, 1.54) is 0 Å². The molecule has 0 radical (unpaired) electrons. The van der Waals surface area contributed by atoms with Gasteiger partial charge < -0.3 is 9.73 Å². The van der Waals surface area contributed by atoms with Gasteiger partial charge in [-0.15, -0.1) is 0 Å². The predicted octanol–water partition coefficient (Wildman–Crippen LogP) is 1.09. The summed E-state index contributed by atoms with van der Waals surface area (Å²) in [6.45, 7) is 5.62. The van der Waals surface area contributed by atoms with Crippen LogP contribution < -0.4 is 5.32 Å². The van der Waals surface area contributed by atoms with Gasteiger partial charge in [-0.3, -0.25) is 0 Å². The van der Waals surface area contributed by atoms with Crippen LogP contribution in [0.1, 0.15) is 18.6 Å². The Morgan fingerprint density at radius 1 is 1.70 bits per heavy atom. The summed E-state index contributed by atoms with van der Waals surface area (Å²) in [5, 5.41) is 3.12. The Hall–Kier alpha value is -0.830. The molecule has 0 saturated heterocycles. The fraction of sp³-hybridized carbons (Fsp3) is 0.571. The molecule has 0 amide bonds. The highest BCUT2D eigenvalue weighted by Gasteiger charge is 1.96. The van der Waals surface area contributed by atoms with Crippen molar-refractivity contribution in [1.29, 1.82) is 0 Å². The number of nitrogens with one attached hydrogen (secondary N) is 1. The van der Waals surface area contributed by atoms with E-state index in [-0.39, 0.29) is 0 Å². The maximum Gasteiger partial charge on any atom is 0.208 e. The minimum absolute atomic E-state index is 0.727. The molecule has 10 heavy (non-hydrogen) atoms. The Bertz CT molecular complexity index is 195.